The van der Waals surface area contributed by atoms with Gasteiger partial charge >= 0.3 is 0 Å². The Labute approximate surface area is 243 Å². The Morgan fingerprint density at radius 2 is 1.62 bits per heavy atom. The van der Waals surface area contributed by atoms with Crippen LogP contribution >= 0.6 is 11.6 Å². The molecule has 0 aromatic heterocycles. The summed E-state index contributed by atoms with van der Waals surface area (Å²) in [4.78, 5) is 28.9. The molecule has 1 atom stereocenters. The molecule has 0 aliphatic heterocycles. The van der Waals surface area contributed by atoms with Gasteiger partial charge in [0.2, 0.25) is 11.8 Å². The lowest BCUT2D eigenvalue weighted by Gasteiger charge is -2.33. The number of aryl methyl sites for hydroxylation is 2. The van der Waals surface area contributed by atoms with Crippen molar-refractivity contribution in [2.45, 2.75) is 58.5 Å². The van der Waals surface area contributed by atoms with Gasteiger partial charge in [-0.2, -0.15) is 0 Å². The fourth-order valence-corrected chi connectivity index (χ4v) is 5.90. The van der Waals surface area contributed by atoms with Crippen LogP contribution in [0.15, 0.2) is 77.7 Å². The molecule has 0 spiro atoms. The smallest absolute Gasteiger partial charge is 0.264 e. The first-order chi connectivity index (χ1) is 18.9. The quantitative estimate of drug-likeness (QED) is 0.295. The second kappa shape index (κ2) is 13.8. The summed E-state index contributed by atoms with van der Waals surface area (Å²) in [7, 11) is -4.14. The fraction of sp³-hybridized carbons (Fsp3) is 0.355. The molecule has 0 radical (unpaired) electrons. The van der Waals surface area contributed by atoms with Crippen molar-refractivity contribution in [2.24, 2.45) is 5.92 Å². The first-order valence-electron chi connectivity index (χ1n) is 13.4. The zero-order valence-corrected chi connectivity index (χ0v) is 25.3. The first-order valence-corrected chi connectivity index (χ1v) is 15.2. The summed E-state index contributed by atoms with van der Waals surface area (Å²) in [5.74, 6) is -0.528. The minimum atomic E-state index is -4.14. The minimum Gasteiger partial charge on any atom is -0.354 e. The van der Waals surface area contributed by atoms with Crippen LogP contribution in [0.3, 0.4) is 0 Å². The highest BCUT2D eigenvalue weighted by molar-refractivity contribution is 7.92. The van der Waals surface area contributed by atoms with Crippen LogP contribution in [-0.4, -0.2) is 44.3 Å². The van der Waals surface area contributed by atoms with Gasteiger partial charge in [0.15, 0.2) is 0 Å². The Bertz CT molecular complexity index is 1420. The van der Waals surface area contributed by atoms with Gasteiger partial charge in [-0.25, -0.2) is 8.42 Å². The largest absolute Gasteiger partial charge is 0.354 e. The van der Waals surface area contributed by atoms with Gasteiger partial charge in [-0.3, -0.25) is 13.9 Å². The summed E-state index contributed by atoms with van der Waals surface area (Å²) < 4.78 is 28.9. The molecule has 40 heavy (non-hydrogen) atoms. The molecule has 9 heteroatoms. The summed E-state index contributed by atoms with van der Waals surface area (Å²) in [6.45, 7) is 9.77. The van der Waals surface area contributed by atoms with Gasteiger partial charge in [0.05, 0.1) is 10.6 Å². The molecule has 0 aliphatic rings. The molecule has 0 heterocycles. The number of benzene rings is 3. The molecule has 0 fully saturated rings. The second-order valence-corrected chi connectivity index (χ2v) is 12.6. The van der Waals surface area contributed by atoms with E-state index in [1.54, 1.807) is 30.3 Å². The van der Waals surface area contributed by atoms with Gasteiger partial charge in [0, 0.05) is 18.1 Å². The topological polar surface area (TPSA) is 86.8 Å². The zero-order valence-electron chi connectivity index (χ0n) is 23.7. The third-order valence-corrected chi connectivity index (χ3v) is 8.68. The number of amides is 2. The van der Waals surface area contributed by atoms with Crippen LogP contribution in [0.5, 0.6) is 0 Å². The molecule has 3 rings (SSSR count). The number of rotatable bonds is 12. The van der Waals surface area contributed by atoms with Gasteiger partial charge < -0.3 is 10.2 Å². The average Bonchev–Trinajstić information content (AvgIpc) is 2.91. The summed E-state index contributed by atoms with van der Waals surface area (Å²) in [6, 6.07) is 19.7. The summed E-state index contributed by atoms with van der Waals surface area (Å²) in [5.41, 5.74) is 3.01. The number of carbonyl (C=O) groups excluding carboxylic acids is 2. The average molecular weight is 584 g/mol. The molecule has 0 saturated carbocycles. The van der Waals surface area contributed by atoms with Crippen LogP contribution in [0, 0.1) is 19.8 Å². The molecule has 1 N–H and O–H groups in total. The van der Waals surface area contributed by atoms with Crippen LogP contribution in [0.4, 0.5) is 5.69 Å². The number of halogens is 1. The maximum atomic E-state index is 14.1. The molecule has 0 unspecified atom stereocenters. The van der Waals surface area contributed by atoms with E-state index in [9.17, 15) is 18.0 Å². The lowest BCUT2D eigenvalue weighted by molar-refractivity contribution is -0.140. The van der Waals surface area contributed by atoms with Crippen LogP contribution in [0.1, 0.15) is 43.9 Å². The monoisotopic (exact) mass is 583 g/mol. The van der Waals surface area contributed by atoms with Gasteiger partial charge in [-0.05, 0) is 67.6 Å². The Morgan fingerprint density at radius 1 is 0.950 bits per heavy atom. The highest BCUT2D eigenvalue weighted by Crippen LogP contribution is 2.27. The van der Waals surface area contributed by atoms with Crippen LogP contribution in [0.2, 0.25) is 5.02 Å². The highest BCUT2D eigenvalue weighted by Gasteiger charge is 2.34. The maximum Gasteiger partial charge on any atom is 0.264 e. The van der Waals surface area contributed by atoms with Crippen LogP contribution in [-0.2, 0) is 26.2 Å². The Hall–Kier alpha value is -3.36. The van der Waals surface area contributed by atoms with Crippen LogP contribution in [0.25, 0.3) is 0 Å². The fourth-order valence-electron chi connectivity index (χ4n) is 4.31. The van der Waals surface area contributed by atoms with Crippen molar-refractivity contribution in [3.63, 3.8) is 0 Å². The second-order valence-electron chi connectivity index (χ2n) is 10.3. The molecule has 3 aromatic rings. The van der Waals surface area contributed by atoms with Crippen LogP contribution < -0.4 is 9.62 Å². The van der Waals surface area contributed by atoms with Crippen molar-refractivity contribution < 1.29 is 18.0 Å². The van der Waals surface area contributed by atoms with Gasteiger partial charge in [0.25, 0.3) is 10.0 Å². The van der Waals surface area contributed by atoms with Crippen molar-refractivity contribution in [2.75, 3.05) is 17.4 Å². The molecule has 0 bridgehead atoms. The lowest BCUT2D eigenvalue weighted by Crippen LogP contribution is -2.52. The molecular weight excluding hydrogens is 546 g/mol. The third kappa shape index (κ3) is 7.86. The number of anilines is 1. The predicted octanol–water partition coefficient (Wildman–Crippen LogP) is 5.73. The van der Waals surface area contributed by atoms with Crippen molar-refractivity contribution in [1.82, 2.24) is 10.2 Å². The summed E-state index contributed by atoms with van der Waals surface area (Å²) in [5, 5.41) is 3.28. The number of carbonyl (C=O) groups is 2. The van der Waals surface area contributed by atoms with E-state index in [1.165, 1.54) is 23.1 Å². The number of nitrogens with one attached hydrogen (secondary N) is 1. The number of hydrogen-bond acceptors (Lipinski definition) is 4. The van der Waals surface area contributed by atoms with E-state index in [2.05, 4.69) is 5.32 Å². The van der Waals surface area contributed by atoms with Crippen molar-refractivity contribution in [3.05, 3.63) is 94.5 Å². The Balaban J connectivity index is 2.06. The molecule has 3 aromatic carbocycles. The standard InChI is InChI=1S/C31H38ClN3O4S/c1-6-29(31(37)33-19-22(2)3)34(20-25-11-8-7-10-24(25)5)30(36)21-35(27-13-9-12-26(32)18-27)40(38,39)28-16-14-23(4)15-17-28/h7-18,22,29H,6,19-21H2,1-5H3,(H,33,37)/t29-/m1/s1. The van der Waals surface area contributed by atoms with E-state index >= 15 is 0 Å². The summed E-state index contributed by atoms with van der Waals surface area (Å²) in [6.07, 6.45) is 0.365. The molecule has 0 saturated heterocycles. The SMILES string of the molecule is CC[C@H](C(=O)NCC(C)C)N(Cc1ccccc1C)C(=O)CN(c1cccc(Cl)c1)S(=O)(=O)c1ccc(C)cc1. The molecule has 7 nitrogen and oxygen atoms in total. The minimum absolute atomic E-state index is 0.0537. The number of nitrogens with zero attached hydrogens (tertiary/aromatic N) is 2. The molecule has 214 valence electrons. The highest BCUT2D eigenvalue weighted by atomic mass is 35.5. The van der Waals surface area contributed by atoms with Gasteiger partial charge in [-0.15, -0.1) is 0 Å². The normalized spacial score (nSPS) is 12.2. The number of hydrogen-bond donors (Lipinski definition) is 1. The lowest BCUT2D eigenvalue weighted by atomic mass is 10.1. The zero-order chi connectivity index (χ0) is 29.4. The van der Waals surface area contributed by atoms with E-state index in [-0.39, 0.29) is 29.0 Å². The van der Waals surface area contributed by atoms with E-state index in [1.807, 2.05) is 58.9 Å². The summed E-state index contributed by atoms with van der Waals surface area (Å²) >= 11 is 6.23. The van der Waals surface area contributed by atoms with E-state index in [4.69, 9.17) is 11.6 Å². The first kappa shape index (κ1) is 31.2. The van der Waals surface area contributed by atoms with E-state index < -0.39 is 28.5 Å². The Morgan fingerprint density at radius 3 is 2.23 bits per heavy atom. The molecular formula is C31H38ClN3O4S. The van der Waals surface area contributed by atoms with Gasteiger partial charge in [-0.1, -0.05) is 80.4 Å². The van der Waals surface area contributed by atoms with Crippen molar-refractivity contribution in [1.29, 1.82) is 0 Å². The van der Waals surface area contributed by atoms with E-state index in [0.29, 0.717) is 18.0 Å². The predicted molar refractivity (Wildman–Crippen MR) is 161 cm³/mol. The van der Waals surface area contributed by atoms with Crippen molar-refractivity contribution in [3.8, 4) is 0 Å². The van der Waals surface area contributed by atoms with Crippen molar-refractivity contribution >= 4 is 39.1 Å². The van der Waals surface area contributed by atoms with Gasteiger partial charge in [0.1, 0.15) is 12.6 Å². The Kier molecular flexibility index (Phi) is 10.8. The third-order valence-electron chi connectivity index (χ3n) is 6.66. The maximum absolute atomic E-state index is 14.1. The van der Waals surface area contributed by atoms with E-state index in [0.717, 1.165) is 21.0 Å². The molecule has 0 aliphatic carbocycles. The molecule has 2 amide bonds. The number of sulfonamides is 1.